The molecule has 3 aromatic rings. The monoisotopic (exact) mass is 532 g/mol. The zero-order valence-electron chi connectivity index (χ0n) is 18.0. The molecule has 0 aliphatic carbocycles. The predicted molar refractivity (Wildman–Crippen MR) is 134 cm³/mol. The number of aliphatic imine (C=N–C) groups is 1. The summed E-state index contributed by atoms with van der Waals surface area (Å²) in [6.07, 6.45) is 1.29. The van der Waals surface area contributed by atoms with E-state index in [1.54, 1.807) is 7.05 Å². The van der Waals surface area contributed by atoms with Gasteiger partial charge in [0.25, 0.3) is 0 Å². The first-order chi connectivity index (χ1) is 14.7. The van der Waals surface area contributed by atoms with Crippen molar-refractivity contribution in [2.24, 2.45) is 4.99 Å². The Hall–Kier alpha value is -2.55. The lowest BCUT2D eigenvalue weighted by Gasteiger charge is -2.16. The highest BCUT2D eigenvalue weighted by atomic mass is 127. The zero-order valence-corrected chi connectivity index (χ0v) is 20.3. The average molecular weight is 532 g/mol. The number of nitrogens with one attached hydrogen (secondary N) is 2. The maximum absolute atomic E-state index is 12.5. The fraction of sp³-hybridized carbons (Fsp3) is 0.333. The van der Waals surface area contributed by atoms with Crippen molar-refractivity contribution in [3.8, 4) is 0 Å². The van der Waals surface area contributed by atoms with E-state index >= 15 is 0 Å². The lowest BCUT2D eigenvalue weighted by atomic mass is 10.1. The maximum atomic E-state index is 12.5. The SMILES string of the molecule is CN=C(NCCCC(=O)N1Cc2ccccc2C1)NCc1oc2ccccc2c1C.I. The minimum absolute atomic E-state index is 0. The molecule has 0 saturated heterocycles. The fourth-order valence-corrected chi connectivity index (χ4v) is 3.89. The molecule has 6 nitrogen and oxygen atoms in total. The summed E-state index contributed by atoms with van der Waals surface area (Å²) in [5, 5.41) is 7.71. The van der Waals surface area contributed by atoms with E-state index in [9.17, 15) is 4.79 Å². The van der Waals surface area contributed by atoms with Crippen LogP contribution in [-0.4, -0.2) is 30.4 Å². The molecule has 1 aliphatic rings. The number of halogens is 1. The van der Waals surface area contributed by atoms with Crippen molar-refractivity contribution in [1.29, 1.82) is 0 Å². The van der Waals surface area contributed by atoms with Crippen molar-refractivity contribution in [3.05, 3.63) is 71.0 Å². The van der Waals surface area contributed by atoms with Crippen LogP contribution in [0.4, 0.5) is 0 Å². The molecule has 0 radical (unpaired) electrons. The molecule has 164 valence electrons. The van der Waals surface area contributed by atoms with Crippen LogP contribution in [0.1, 0.15) is 35.3 Å². The molecule has 1 aromatic heterocycles. The van der Waals surface area contributed by atoms with E-state index in [1.807, 2.05) is 35.2 Å². The number of furan rings is 1. The highest BCUT2D eigenvalue weighted by molar-refractivity contribution is 14.0. The topological polar surface area (TPSA) is 69.9 Å². The first-order valence-corrected chi connectivity index (χ1v) is 10.4. The fourth-order valence-electron chi connectivity index (χ4n) is 3.89. The van der Waals surface area contributed by atoms with Gasteiger partial charge in [-0.3, -0.25) is 9.79 Å². The summed E-state index contributed by atoms with van der Waals surface area (Å²) in [6, 6.07) is 16.3. The number of fused-ring (bicyclic) bond motifs is 2. The second kappa shape index (κ2) is 10.7. The van der Waals surface area contributed by atoms with E-state index in [0.717, 1.165) is 41.8 Å². The summed E-state index contributed by atoms with van der Waals surface area (Å²) in [5.74, 6) is 1.81. The van der Waals surface area contributed by atoms with Crippen LogP contribution in [-0.2, 0) is 24.4 Å². The maximum Gasteiger partial charge on any atom is 0.223 e. The van der Waals surface area contributed by atoms with Gasteiger partial charge in [0, 0.05) is 44.1 Å². The van der Waals surface area contributed by atoms with Gasteiger partial charge in [0.1, 0.15) is 11.3 Å². The van der Waals surface area contributed by atoms with Crippen LogP contribution in [0.15, 0.2) is 57.9 Å². The van der Waals surface area contributed by atoms with Crippen LogP contribution in [0, 0.1) is 6.92 Å². The first kappa shape index (κ1) is 23.1. The first-order valence-electron chi connectivity index (χ1n) is 10.4. The number of carbonyl (C=O) groups is 1. The molecule has 1 aliphatic heterocycles. The molecule has 7 heteroatoms. The number of amides is 1. The summed E-state index contributed by atoms with van der Waals surface area (Å²) >= 11 is 0. The molecule has 4 rings (SSSR count). The number of rotatable bonds is 6. The summed E-state index contributed by atoms with van der Waals surface area (Å²) in [5.41, 5.74) is 4.56. The molecule has 2 heterocycles. The Bertz CT molecular complexity index is 1050. The van der Waals surface area contributed by atoms with E-state index in [1.165, 1.54) is 11.1 Å². The van der Waals surface area contributed by atoms with E-state index in [0.29, 0.717) is 25.5 Å². The zero-order chi connectivity index (χ0) is 20.9. The second-order valence-corrected chi connectivity index (χ2v) is 7.62. The van der Waals surface area contributed by atoms with Gasteiger partial charge in [0.05, 0.1) is 6.54 Å². The quantitative estimate of drug-likeness (QED) is 0.215. The van der Waals surface area contributed by atoms with Gasteiger partial charge < -0.3 is 20.0 Å². The largest absolute Gasteiger partial charge is 0.459 e. The molecule has 2 N–H and O–H groups in total. The molecule has 0 fully saturated rings. The van der Waals surface area contributed by atoms with Gasteiger partial charge in [0.2, 0.25) is 5.91 Å². The molecule has 0 saturated carbocycles. The molecule has 31 heavy (non-hydrogen) atoms. The third-order valence-corrected chi connectivity index (χ3v) is 5.64. The number of nitrogens with zero attached hydrogens (tertiary/aromatic N) is 2. The summed E-state index contributed by atoms with van der Waals surface area (Å²) in [7, 11) is 1.74. The number of carbonyl (C=O) groups excluding carboxylic acids is 1. The Morgan fingerprint density at radius 3 is 2.42 bits per heavy atom. The standard InChI is InChI=1S/C24H28N4O2.HI/c1-17-20-10-5-6-11-21(20)30-22(17)14-27-24(25-2)26-13-7-12-23(29)28-15-18-8-3-4-9-19(18)16-28;/h3-6,8-11H,7,12-16H2,1-2H3,(H2,25,26,27);1H. The molecule has 0 unspecified atom stereocenters. The molecule has 1 amide bonds. The van der Waals surface area contributed by atoms with Gasteiger partial charge in [-0.15, -0.1) is 24.0 Å². The number of para-hydroxylation sites is 1. The van der Waals surface area contributed by atoms with Gasteiger partial charge in [0.15, 0.2) is 5.96 Å². The Morgan fingerprint density at radius 2 is 1.74 bits per heavy atom. The third kappa shape index (κ3) is 5.39. The number of hydrogen-bond acceptors (Lipinski definition) is 3. The Balaban J connectivity index is 0.00000272. The van der Waals surface area contributed by atoms with Crippen molar-refractivity contribution in [1.82, 2.24) is 15.5 Å². The van der Waals surface area contributed by atoms with Gasteiger partial charge in [-0.1, -0.05) is 42.5 Å². The number of guanidine groups is 1. The molecular formula is C24H29IN4O2. The Morgan fingerprint density at radius 1 is 1.06 bits per heavy atom. The van der Waals surface area contributed by atoms with Crippen molar-refractivity contribution in [2.75, 3.05) is 13.6 Å². The predicted octanol–water partition coefficient (Wildman–Crippen LogP) is 4.35. The Kier molecular flexibility index (Phi) is 7.95. The van der Waals surface area contributed by atoms with Gasteiger partial charge in [-0.2, -0.15) is 0 Å². The van der Waals surface area contributed by atoms with Gasteiger partial charge >= 0.3 is 0 Å². The Labute approximate surface area is 200 Å². The minimum atomic E-state index is 0. The smallest absolute Gasteiger partial charge is 0.223 e. The lowest BCUT2D eigenvalue weighted by molar-refractivity contribution is -0.131. The van der Waals surface area contributed by atoms with Crippen LogP contribution in [0.2, 0.25) is 0 Å². The van der Waals surface area contributed by atoms with Gasteiger partial charge in [-0.25, -0.2) is 0 Å². The number of hydrogen-bond donors (Lipinski definition) is 2. The third-order valence-electron chi connectivity index (χ3n) is 5.64. The molecular weight excluding hydrogens is 503 g/mol. The van der Waals surface area contributed by atoms with Crippen LogP contribution in [0.3, 0.4) is 0 Å². The molecule has 2 aromatic carbocycles. The van der Waals surface area contributed by atoms with Crippen molar-refractivity contribution in [3.63, 3.8) is 0 Å². The summed E-state index contributed by atoms with van der Waals surface area (Å²) in [6.45, 7) is 4.77. The average Bonchev–Trinajstić information content (AvgIpc) is 3.35. The van der Waals surface area contributed by atoms with Crippen molar-refractivity contribution in [2.45, 2.75) is 39.4 Å². The minimum Gasteiger partial charge on any atom is -0.459 e. The molecule has 0 bridgehead atoms. The van der Waals surface area contributed by atoms with E-state index in [-0.39, 0.29) is 29.9 Å². The number of aryl methyl sites for hydroxylation is 1. The highest BCUT2D eigenvalue weighted by Gasteiger charge is 2.22. The van der Waals surface area contributed by atoms with Crippen molar-refractivity contribution >= 4 is 46.8 Å². The summed E-state index contributed by atoms with van der Waals surface area (Å²) < 4.78 is 5.94. The summed E-state index contributed by atoms with van der Waals surface area (Å²) in [4.78, 5) is 18.7. The van der Waals surface area contributed by atoms with Gasteiger partial charge in [-0.05, 0) is 30.5 Å². The van der Waals surface area contributed by atoms with Crippen LogP contribution >= 0.6 is 24.0 Å². The molecule has 0 spiro atoms. The second-order valence-electron chi connectivity index (χ2n) is 7.62. The van der Waals surface area contributed by atoms with E-state index < -0.39 is 0 Å². The number of benzene rings is 2. The van der Waals surface area contributed by atoms with E-state index in [4.69, 9.17) is 4.42 Å². The highest BCUT2D eigenvalue weighted by Crippen LogP contribution is 2.25. The van der Waals surface area contributed by atoms with Crippen molar-refractivity contribution < 1.29 is 9.21 Å². The van der Waals surface area contributed by atoms with Crippen LogP contribution < -0.4 is 10.6 Å². The van der Waals surface area contributed by atoms with Crippen LogP contribution in [0.5, 0.6) is 0 Å². The van der Waals surface area contributed by atoms with Crippen LogP contribution in [0.25, 0.3) is 11.0 Å². The normalized spacial score (nSPS) is 13.1. The molecule has 0 atom stereocenters. The lowest BCUT2D eigenvalue weighted by Crippen LogP contribution is -2.37. The van der Waals surface area contributed by atoms with E-state index in [2.05, 4.69) is 40.7 Å².